The third kappa shape index (κ3) is 6.10. The van der Waals surface area contributed by atoms with Gasteiger partial charge >= 0.3 is 6.61 Å². The van der Waals surface area contributed by atoms with Crippen LogP contribution in [-0.4, -0.2) is 74.1 Å². The number of ether oxygens (including phenoxy) is 1. The normalized spacial score (nSPS) is 18.2. The minimum absolute atomic E-state index is 0.0254. The molecule has 3 N–H and O–H groups in total. The Morgan fingerprint density at radius 1 is 1.26 bits per heavy atom. The van der Waals surface area contributed by atoms with Crippen LogP contribution in [-0.2, 0) is 19.6 Å². The lowest BCUT2D eigenvalue weighted by Crippen LogP contribution is -2.53. The van der Waals surface area contributed by atoms with Gasteiger partial charge in [0.05, 0.1) is 5.69 Å². The number of para-hydroxylation sites is 1. The van der Waals surface area contributed by atoms with Gasteiger partial charge in [-0.3, -0.25) is 9.59 Å². The van der Waals surface area contributed by atoms with Crippen molar-refractivity contribution >= 4 is 27.5 Å². The number of aryl methyl sites for hydroxylation is 1. The van der Waals surface area contributed by atoms with Crippen molar-refractivity contribution in [2.24, 2.45) is 5.73 Å². The Kier molecular flexibility index (Phi) is 8.57. The summed E-state index contributed by atoms with van der Waals surface area (Å²) in [6.45, 7) is -1.14. The number of carbonyl (C=O) groups excluding carboxylic acids is 2. The van der Waals surface area contributed by atoms with Crippen LogP contribution in [0.4, 0.5) is 14.5 Å². The van der Waals surface area contributed by atoms with Crippen molar-refractivity contribution in [3.05, 3.63) is 29.9 Å². The second kappa shape index (κ2) is 11.7. The molecule has 3 heterocycles. The molecule has 1 atom stereocenters. The molecule has 2 amide bonds. The minimum Gasteiger partial charge on any atom is -0.431 e. The van der Waals surface area contributed by atoms with Gasteiger partial charge in [-0.15, -0.1) is 0 Å². The zero-order valence-corrected chi connectivity index (χ0v) is 21.6. The quantitative estimate of drug-likeness (QED) is 0.466. The molecule has 1 aromatic heterocycles. The van der Waals surface area contributed by atoms with Crippen molar-refractivity contribution in [3.8, 4) is 5.75 Å². The third-order valence-electron chi connectivity index (χ3n) is 6.60. The molecule has 0 spiro atoms. The van der Waals surface area contributed by atoms with Gasteiger partial charge in [-0.05, 0) is 44.7 Å². The van der Waals surface area contributed by atoms with Crippen LogP contribution in [0.5, 0.6) is 5.75 Å². The number of sulfonamides is 1. The van der Waals surface area contributed by atoms with Crippen LogP contribution < -0.4 is 20.1 Å². The van der Waals surface area contributed by atoms with Gasteiger partial charge in [0, 0.05) is 38.5 Å². The van der Waals surface area contributed by atoms with Crippen LogP contribution in [0.2, 0.25) is 0 Å². The Morgan fingerprint density at radius 3 is 2.61 bits per heavy atom. The SMILES string of the molecule is Cc1noc(C2CCN(C(=O)[C@H](CN)NS(=O)(=O)c3cccc(N4CCCCC4=O)c3OC(F)F)CC2)n1. The van der Waals surface area contributed by atoms with Gasteiger partial charge < -0.3 is 24.8 Å². The van der Waals surface area contributed by atoms with E-state index in [9.17, 15) is 26.8 Å². The number of aromatic nitrogens is 2. The predicted molar refractivity (Wildman–Crippen MR) is 130 cm³/mol. The lowest BCUT2D eigenvalue weighted by molar-refractivity contribution is -0.133. The highest BCUT2D eigenvalue weighted by molar-refractivity contribution is 7.89. The molecule has 2 aromatic rings. The number of halogens is 2. The fourth-order valence-electron chi connectivity index (χ4n) is 4.69. The maximum absolute atomic E-state index is 13.4. The molecular formula is C23H30F2N6O6S. The van der Waals surface area contributed by atoms with Crippen LogP contribution in [0.3, 0.4) is 0 Å². The number of likely N-dealkylation sites (tertiary alicyclic amines) is 1. The van der Waals surface area contributed by atoms with Gasteiger partial charge in [-0.1, -0.05) is 11.2 Å². The number of rotatable bonds is 9. The molecule has 2 fully saturated rings. The first kappa shape index (κ1) is 27.9. The zero-order valence-electron chi connectivity index (χ0n) is 20.8. The Labute approximate surface area is 218 Å². The molecule has 38 heavy (non-hydrogen) atoms. The number of nitrogens with one attached hydrogen (secondary N) is 1. The van der Waals surface area contributed by atoms with Crippen molar-refractivity contribution in [1.82, 2.24) is 19.8 Å². The topological polar surface area (TPSA) is 161 Å². The van der Waals surface area contributed by atoms with E-state index in [4.69, 9.17) is 10.3 Å². The van der Waals surface area contributed by atoms with Gasteiger partial charge in [0.2, 0.25) is 27.7 Å². The summed E-state index contributed by atoms with van der Waals surface area (Å²) in [5, 5.41) is 3.78. The number of nitrogens with two attached hydrogens (primary N) is 1. The summed E-state index contributed by atoms with van der Waals surface area (Å²) < 4.78 is 65.5. The smallest absolute Gasteiger partial charge is 0.387 e. The number of benzene rings is 1. The number of piperidine rings is 2. The fraction of sp³-hybridized carbons (Fsp3) is 0.565. The molecule has 2 aliphatic rings. The number of hydrogen-bond donors (Lipinski definition) is 2. The predicted octanol–water partition coefficient (Wildman–Crippen LogP) is 1.51. The van der Waals surface area contributed by atoms with E-state index >= 15 is 0 Å². The number of nitrogens with zero attached hydrogens (tertiary/aromatic N) is 4. The maximum Gasteiger partial charge on any atom is 0.387 e. The summed E-state index contributed by atoms with van der Waals surface area (Å²) in [6, 6.07) is 2.41. The van der Waals surface area contributed by atoms with E-state index in [1.165, 1.54) is 21.9 Å². The molecule has 0 unspecified atom stereocenters. The van der Waals surface area contributed by atoms with Crippen molar-refractivity contribution in [3.63, 3.8) is 0 Å². The summed E-state index contributed by atoms with van der Waals surface area (Å²) in [6.07, 6.45) is 2.55. The van der Waals surface area contributed by atoms with E-state index < -0.39 is 39.2 Å². The second-order valence-corrected chi connectivity index (χ2v) is 10.9. The first-order valence-corrected chi connectivity index (χ1v) is 13.8. The molecule has 2 aliphatic heterocycles. The third-order valence-corrected chi connectivity index (χ3v) is 8.09. The van der Waals surface area contributed by atoms with Crippen molar-refractivity contribution < 1.29 is 36.0 Å². The highest BCUT2D eigenvalue weighted by atomic mass is 32.2. The van der Waals surface area contributed by atoms with Crippen LogP contribution in [0.1, 0.15) is 49.7 Å². The van der Waals surface area contributed by atoms with Crippen LogP contribution in [0.25, 0.3) is 0 Å². The summed E-state index contributed by atoms with van der Waals surface area (Å²) in [5.41, 5.74) is 5.68. The molecule has 15 heteroatoms. The Balaban J connectivity index is 1.53. The Hall–Kier alpha value is -3.17. The first-order valence-electron chi connectivity index (χ1n) is 12.3. The standard InChI is InChI=1S/C23H30F2N6O6S/c1-14-27-21(37-28-14)15-8-11-30(12-9-15)22(33)16(13-26)29-38(34,35)18-6-4-5-17(20(18)36-23(24)25)31-10-3-2-7-19(31)32/h4-6,15-16,23,29H,2-3,7-13,26H2,1H3/t16-/m0/s1. The van der Waals surface area contributed by atoms with Crippen molar-refractivity contribution in [1.29, 1.82) is 0 Å². The molecule has 0 saturated carbocycles. The van der Waals surface area contributed by atoms with Crippen LogP contribution in [0, 0.1) is 6.92 Å². The lowest BCUT2D eigenvalue weighted by Gasteiger charge is -2.33. The van der Waals surface area contributed by atoms with E-state index in [-0.39, 0.29) is 37.0 Å². The number of carbonyl (C=O) groups is 2. The maximum atomic E-state index is 13.4. The highest BCUT2D eigenvalue weighted by Gasteiger charge is 2.35. The molecule has 208 valence electrons. The van der Waals surface area contributed by atoms with Crippen LogP contribution >= 0.6 is 0 Å². The molecule has 0 aliphatic carbocycles. The number of hydrogen-bond acceptors (Lipinski definition) is 9. The van der Waals surface area contributed by atoms with Crippen molar-refractivity contribution in [2.45, 2.75) is 62.5 Å². The van der Waals surface area contributed by atoms with E-state index in [1.54, 1.807) is 6.92 Å². The molecule has 12 nitrogen and oxygen atoms in total. The van der Waals surface area contributed by atoms with E-state index in [0.29, 0.717) is 50.5 Å². The molecule has 0 radical (unpaired) electrons. The molecular weight excluding hydrogens is 526 g/mol. The molecule has 4 rings (SSSR count). The number of alkyl halides is 2. The average molecular weight is 557 g/mol. The monoisotopic (exact) mass is 556 g/mol. The van der Waals surface area contributed by atoms with Gasteiger partial charge in [-0.2, -0.15) is 18.5 Å². The number of amides is 2. The summed E-state index contributed by atoms with van der Waals surface area (Å²) in [4.78, 5) is 31.9. The molecule has 2 saturated heterocycles. The van der Waals surface area contributed by atoms with Crippen molar-refractivity contribution in [2.75, 3.05) is 31.1 Å². The van der Waals surface area contributed by atoms with E-state index in [1.807, 2.05) is 0 Å². The zero-order chi connectivity index (χ0) is 27.4. The van der Waals surface area contributed by atoms with Gasteiger partial charge in [0.25, 0.3) is 0 Å². The molecule has 1 aromatic carbocycles. The Bertz CT molecular complexity index is 1260. The molecule has 0 bridgehead atoms. The van der Waals surface area contributed by atoms with Gasteiger partial charge in [0.1, 0.15) is 10.9 Å². The van der Waals surface area contributed by atoms with Gasteiger partial charge in [0.15, 0.2) is 11.6 Å². The summed E-state index contributed by atoms with van der Waals surface area (Å²) in [7, 11) is -4.57. The highest BCUT2D eigenvalue weighted by Crippen LogP contribution is 2.38. The summed E-state index contributed by atoms with van der Waals surface area (Å²) >= 11 is 0. The first-order chi connectivity index (χ1) is 18.1. The van der Waals surface area contributed by atoms with Gasteiger partial charge in [-0.25, -0.2) is 8.42 Å². The minimum atomic E-state index is -4.57. The van der Waals surface area contributed by atoms with E-state index in [2.05, 4.69) is 19.6 Å². The fourth-order valence-corrected chi connectivity index (χ4v) is 6.05. The second-order valence-electron chi connectivity index (χ2n) is 9.17. The lowest BCUT2D eigenvalue weighted by atomic mass is 9.96. The van der Waals surface area contributed by atoms with E-state index in [0.717, 1.165) is 6.07 Å². The summed E-state index contributed by atoms with van der Waals surface area (Å²) in [5.74, 6) is -0.557. The largest absolute Gasteiger partial charge is 0.431 e. The van der Waals surface area contributed by atoms with Crippen LogP contribution in [0.15, 0.2) is 27.6 Å². The average Bonchev–Trinajstić information content (AvgIpc) is 3.33. The Morgan fingerprint density at radius 2 is 2.00 bits per heavy atom. The number of anilines is 1.